The van der Waals surface area contributed by atoms with Crippen molar-refractivity contribution in [3.63, 3.8) is 0 Å². The van der Waals surface area contributed by atoms with E-state index in [0.29, 0.717) is 11.5 Å². The number of ether oxygens (including phenoxy) is 1. The number of hydrogen-bond donors (Lipinski definition) is 1. The molecule has 23 heavy (non-hydrogen) atoms. The van der Waals surface area contributed by atoms with Crippen molar-refractivity contribution in [2.45, 2.75) is 23.8 Å². The number of carbonyl (C=O) groups is 1. The van der Waals surface area contributed by atoms with Crippen molar-refractivity contribution in [2.75, 3.05) is 7.11 Å². The van der Waals surface area contributed by atoms with Gasteiger partial charge in [0.05, 0.1) is 23.6 Å². The highest BCUT2D eigenvalue weighted by Gasteiger charge is 2.36. The normalized spacial score (nSPS) is 16.0. The van der Waals surface area contributed by atoms with Crippen LogP contribution in [-0.4, -0.2) is 21.5 Å². The van der Waals surface area contributed by atoms with Gasteiger partial charge in [-0.15, -0.1) is 11.3 Å². The molecule has 1 unspecified atom stereocenters. The highest BCUT2D eigenvalue weighted by Crippen LogP contribution is 2.43. The minimum absolute atomic E-state index is 0.146. The first-order valence-electron chi connectivity index (χ1n) is 7.25. The van der Waals surface area contributed by atoms with E-state index in [1.54, 1.807) is 11.3 Å². The van der Waals surface area contributed by atoms with Crippen LogP contribution in [0, 0.1) is 5.92 Å². The van der Waals surface area contributed by atoms with E-state index in [1.165, 1.54) is 31.4 Å². The van der Waals surface area contributed by atoms with Gasteiger partial charge in [0.25, 0.3) is 0 Å². The van der Waals surface area contributed by atoms with Crippen LogP contribution < -0.4 is 4.72 Å². The third-order valence-electron chi connectivity index (χ3n) is 3.81. The Bertz CT molecular complexity index is 778. The van der Waals surface area contributed by atoms with Crippen LogP contribution in [0.4, 0.5) is 0 Å². The maximum atomic E-state index is 12.6. The van der Waals surface area contributed by atoms with Crippen molar-refractivity contribution in [1.29, 1.82) is 0 Å². The molecule has 0 saturated heterocycles. The van der Waals surface area contributed by atoms with E-state index in [2.05, 4.69) is 9.46 Å². The number of sulfonamides is 1. The summed E-state index contributed by atoms with van der Waals surface area (Å²) in [6.07, 6.45) is 2.07. The third-order valence-corrected chi connectivity index (χ3v) is 6.22. The van der Waals surface area contributed by atoms with Crippen LogP contribution in [0.15, 0.2) is 46.7 Å². The molecule has 0 radical (unpaired) electrons. The molecule has 7 heteroatoms. The number of methoxy groups -OCH3 is 1. The molecular weight excluding hydrogens is 334 g/mol. The van der Waals surface area contributed by atoms with Gasteiger partial charge in [-0.3, -0.25) is 0 Å². The summed E-state index contributed by atoms with van der Waals surface area (Å²) in [6, 6.07) is 9.46. The summed E-state index contributed by atoms with van der Waals surface area (Å²) in [5.74, 6) is -0.130. The Morgan fingerprint density at radius 2 is 1.96 bits per heavy atom. The fourth-order valence-electron chi connectivity index (χ4n) is 2.41. The van der Waals surface area contributed by atoms with Gasteiger partial charge in [-0.1, -0.05) is 6.07 Å². The average Bonchev–Trinajstić information content (AvgIpc) is 3.26. The molecule has 0 spiro atoms. The van der Waals surface area contributed by atoms with Crippen LogP contribution >= 0.6 is 11.3 Å². The molecule has 1 aliphatic rings. The molecule has 1 saturated carbocycles. The molecule has 2 aromatic rings. The Morgan fingerprint density at radius 3 is 2.48 bits per heavy atom. The number of carbonyl (C=O) groups excluding carboxylic acids is 1. The zero-order valence-electron chi connectivity index (χ0n) is 12.6. The predicted molar refractivity (Wildman–Crippen MR) is 87.9 cm³/mol. The molecule has 1 aromatic carbocycles. The molecule has 1 heterocycles. The zero-order chi connectivity index (χ0) is 16.4. The summed E-state index contributed by atoms with van der Waals surface area (Å²) < 4.78 is 32.6. The summed E-state index contributed by atoms with van der Waals surface area (Å²) in [7, 11) is -2.35. The van der Waals surface area contributed by atoms with Crippen molar-refractivity contribution in [2.24, 2.45) is 5.92 Å². The monoisotopic (exact) mass is 351 g/mol. The maximum absolute atomic E-state index is 12.6. The molecule has 1 atom stereocenters. The summed E-state index contributed by atoms with van der Waals surface area (Å²) in [5, 5.41) is 1.95. The number of rotatable bonds is 6. The molecule has 1 N–H and O–H groups in total. The van der Waals surface area contributed by atoms with E-state index >= 15 is 0 Å². The van der Waals surface area contributed by atoms with Crippen LogP contribution in [-0.2, 0) is 14.8 Å². The Morgan fingerprint density at radius 1 is 1.26 bits per heavy atom. The largest absolute Gasteiger partial charge is 0.465 e. The second-order valence-electron chi connectivity index (χ2n) is 5.47. The van der Waals surface area contributed by atoms with Crippen molar-refractivity contribution in [3.8, 4) is 0 Å². The van der Waals surface area contributed by atoms with Gasteiger partial charge in [0.1, 0.15) is 0 Å². The summed E-state index contributed by atoms with van der Waals surface area (Å²) in [5.41, 5.74) is 0.323. The molecule has 3 rings (SSSR count). The molecule has 5 nitrogen and oxygen atoms in total. The van der Waals surface area contributed by atoms with Gasteiger partial charge >= 0.3 is 5.97 Å². The number of hydrogen-bond acceptors (Lipinski definition) is 5. The average molecular weight is 351 g/mol. The number of thiophene rings is 1. The van der Waals surface area contributed by atoms with Gasteiger partial charge < -0.3 is 4.74 Å². The van der Waals surface area contributed by atoms with Crippen molar-refractivity contribution < 1.29 is 17.9 Å². The number of benzene rings is 1. The van der Waals surface area contributed by atoms with Crippen LogP contribution in [0.25, 0.3) is 0 Å². The molecular formula is C16H17NO4S2. The van der Waals surface area contributed by atoms with Crippen LogP contribution in [0.5, 0.6) is 0 Å². The first kappa shape index (κ1) is 16.2. The SMILES string of the molecule is COC(=O)c1ccc(S(=O)(=O)NC(c2cccs2)C2CC2)cc1. The molecule has 122 valence electrons. The summed E-state index contributed by atoms with van der Waals surface area (Å²) in [6.45, 7) is 0. The second kappa shape index (κ2) is 6.43. The minimum Gasteiger partial charge on any atom is -0.465 e. The van der Waals surface area contributed by atoms with Gasteiger partial charge in [0, 0.05) is 4.88 Å². The highest BCUT2D eigenvalue weighted by molar-refractivity contribution is 7.89. The van der Waals surface area contributed by atoms with E-state index in [4.69, 9.17) is 0 Å². The fraction of sp³-hybridized carbons (Fsp3) is 0.312. The highest BCUT2D eigenvalue weighted by atomic mass is 32.2. The van der Waals surface area contributed by atoms with Crippen molar-refractivity contribution in [1.82, 2.24) is 4.72 Å². The van der Waals surface area contributed by atoms with E-state index in [1.807, 2.05) is 17.5 Å². The molecule has 1 aliphatic carbocycles. The molecule has 0 amide bonds. The molecule has 1 fully saturated rings. The van der Waals surface area contributed by atoms with Crippen LogP contribution in [0.1, 0.15) is 34.1 Å². The van der Waals surface area contributed by atoms with E-state index in [9.17, 15) is 13.2 Å². The predicted octanol–water partition coefficient (Wildman–Crippen LogP) is 2.96. The van der Waals surface area contributed by atoms with Gasteiger partial charge in [-0.2, -0.15) is 0 Å². The first-order chi connectivity index (χ1) is 11.0. The molecule has 0 aliphatic heterocycles. The van der Waals surface area contributed by atoms with Crippen molar-refractivity contribution in [3.05, 3.63) is 52.2 Å². The minimum atomic E-state index is -3.64. The topological polar surface area (TPSA) is 72.5 Å². The first-order valence-corrected chi connectivity index (χ1v) is 9.61. The van der Waals surface area contributed by atoms with Crippen molar-refractivity contribution >= 4 is 27.3 Å². The summed E-state index contributed by atoms with van der Waals surface area (Å²) >= 11 is 1.56. The van der Waals surface area contributed by atoms with Gasteiger partial charge in [0.2, 0.25) is 10.0 Å². The quantitative estimate of drug-likeness (QED) is 0.812. The van der Waals surface area contributed by atoms with Gasteiger partial charge in [-0.25, -0.2) is 17.9 Å². The zero-order valence-corrected chi connectivity index (χ0v) is 14.2. The van der Waals surface area contributed by atoms with E-state index in [-0.39, 0.29) is 10.9 Å². The summed E-state index contributed by atoms with van der Waals surface area (Å²) in [4.78, 5) is 12.6. The van der Waals surface area contributed by atoms with Gasteiger partial charge in [0.15, 0.2) is 0 Å². The lowest BCUT2D eigenvalue weighted by molar-refractivity contribution is 0.0600. The second-order valence-corrected chi connectivity index (χ2v) is 8.16. The number of nitrogens with one attached hydrogen (secondary N) is 1. The Hall–Kier alpha value is -1.70. The van der Waals surface area contributed by atoms with E-state index in [0.717, 1.165) is 17.7 Å². The molecule has 0 bridgehead atoms. The van der Waals surface area contributed by atoms with E-state index < -0.39 is 16.0 Å². The smallest absolute Gasteiger partial charge is 0.337 e. The Labute approximate surface area is 139 Å². The van der Waals surface area contributed by atoms with Crippen LogP contribution in [0.2, 0.25) is 0 Å². The standard InChI is InChI=1S/C16H17NO4S2/c1-21-16(18)12-6-8-13(9-7-12)23(19,20)17-15(11-4-5-11)14-3-2-10-22-14/h2-3,6-11,15,17H,4-5H2,1H3. The third kappa shape index (κ3) is 3.63. The van der Waals surface area contributed by atoms with Crippen LogP contribution in [0.3, 0.4) is 0 Å². The molecule has 1 aromatic heterocycles. The number of esters is 1. The lowest BCUT2D eigenvalue weighted by Crippen LogP contribution is -2.29. The lowest BCUT2D eigenvalue weighted by Gasteiger charge is -2.17. The lowest BCUT2D eigenvalue weighted by atomic mass is 10.2. The Kier molecular flexibility index (Phi) is 4.52. The van der Waals surface area contributed by atoms with Gasteiger partial charge in [-0.05, 0) is 54.5 Å². The maximum Gasteiger partial charge on any atom is 0.337 e. The Balaban J connectivity index is 1.82. The fourth-order valence-corrected chi connectivity index (χ4v) is 4.64.